The molecule has 1 rings (SSSR count). The number of anilines is 1. The second-order valence-corrected chi connectivity index (χ2v) is 4.68. The van der Waals surface area contributed by atoms with E-state index in [4.69, 9.17) is 5.26 Å². The average molecular weight is 245 g/mol. The molecule has 0 aliphatic rings. The zero-order chi connectivity index (χ0) is 13.5. The van der Waals surface area contributed by atoms with Crippen molar-refractivity contribution >= 4 is 11.6 Å². The van der Waals surface area contributed by atoms with Crippen LogP contribution in [0.5, 0.6) is 0 Å². The van der Waals surface area contributed by atoms with Crippen molar-refractivity contribution in [1.29, 1.82) is 5.26 Å². The first-order valence-corrected chi connectivity index (χ1v) is 6.01. The van der Waals surface area contributed by atoms with Crippen LogP contribution in [0.15, 0.2) is 24.3 Å². The molecule has 0 spiro atoms. The number of para-hydroxylation sites is 1. The van der Waals surface area contributed by atoms with Gasteiger partial charge in [-0.15, -0.1) is 0 Å². The lowest BCUT2D eigenvalue weighted by Gasteiger charge is -2.20. The third kappa shape index (κ3) is 4.10. The molecular weight excluding hydrogens is 226 g/mol. The van der Waals surface area contributed by atoms with Gasteiger partial charge in [-0.3, -0.25) is 4.79 Å². The summed E-state index contributed by atoms with van der Waals surface area (Å²) < 4.78 is 0. The molecule has 4 nitrogen and oxygen atoms in total. The van der Waals surface area contributed by atoms with Crippen LogP contribution in [0.1, 0.15) is 19.4 Å². The van der Waals surface area contributed by atoms with E-state index < -0.39 is 0 Å². The quantitative estimate of drug-likeness (QED) is 0.860. The molecule has 0 heterocycles. The Bertz CT molecular complexity index is 449. The molecule has 0 saturated heterocycles. The van der Waals surface area contributed by atoms with Crippen molar-refractivity contribution in [1.82, 2.24) is 5.32 Å². The Morgan fingerprint density at radius 3 is 2.72 bits per heavy atom. The molecule has 0 saturated carbocycles. The molecule has 0 aliphatic carbocycles. The molecule has 0 unspecified atom stereocenters. The van der Waals surface area contributed by atoms with E-state index in [1.165, 1.54) is 0 Å². The van der Waals surface area contributed by atoms with Gasteiger partial charge in [-0.1, -0.05) is 26.0 Å². The summed E-state index contributed by atoms with van der Waals surface area (Å²) >= 11 is 0. The molecule has 0 atom stereocenters. The SMILES string of the molecule is CC(C)CNC(=O)CN(C)c1ccccc1C#N. The van der Waals surface area contributed by atoms with Gasteiger partial charge < -0.3 is 10.2 Å². The fourth-order valence-corrected chi connectivity index (χ4v) is 1.58. The molecule has 4 heteroatoms. The number of rotatable bonds is 5. The maximum Gasteiger partial charge on any atom is 0.239 e. The van der Waals surface area contributed by atoms with Crippen LogP contribution in [-0.4, -0.2) is 26.0 Å². The number of nitrogens with one attached hydrogen (secondary N) is 1. The summed E-state index contributed by atoms with van der Waals surface area (Å²) in [6.07, 6.45) is 0. The van der Waals surface area contributed by atoms with Gasteiger partial charge in [0.05, 0.1) is 17.8 Å². The van der Waals surface area contributed by atoms with Crippen molar-refractivity contribution in [2.24, 2.45) is 5.92 Å². The van der Waals surface area contributed by atoms with Crippen LogP contribution >= 0.6 is 0 Å². The highest BCUT2D eigenvalue weighted by molar-refractivity contribution is 5.81. The van der Waals surface area contributed by atoms with E-state index in [-0.39, 0.29) is 12.5 Å². The number of hydrogen-bond acceptors (Lipinski definition) is 3. The molecule has 96 valence electrons. The number of nitrogens with zero attached hydrogens (tertiary/aromatic N) is 2. The topological polar surface area (TPSA) is 56.1 Å². The van der Waals surface area contributed by atoms with Gasteiger partial charge in [0.15, 0.2) is 0 Å². The van der Waals surface area contributed by atoms with Crippen molar-refractivity contribution < 1.29 is 4.79 Å². The van der Waals surface area contributed by atoms with Crippen molar-refractivity contribution in [3.63, 3.8) is 0 Å². The molecule has 0 bridgehead atoms. The summed E-state index contributed by atoms with van der Waals surface area (Å²) in [5.74, 6) is 0.407. The minimum Gasteiger partial charge on any atom is -0.364 e. The Hall–Kier alpha value is -2.02. The number of carbonyl (C=O) groups excluding carboxylic acids is 1. The number of carbonyl (C=O) groups is 1. The molecule has 1 N–H and O–H groups in total. The maximum atomic E-state index is 11.7. The molecule has 0 aliphatic heterocycles. The average Bonchev–Trinajstić information content (AvgIpc) is 2.36. The van der Waals surface area contributed by atoms with Gasteiger partial charge in [-0.25, -0.2) is 0 Å². The third-order valence-electron chi connectivity index (χ3n) is 2.52. The molecule has 0 radical (unpaired) electrons. The van der Waals surface area contributed by atoms with Gasteiger partial charge in [0.25, 0.3) is 0 Å². The normalized spacial score (nSPS) is 9.94. The van der Waals surface area contributed by atoms with E-state index >= 15 is 0 Å². The first-order chi connectivity index (χ1) is 8.54. The Labute approximate surface area is 108 Å². The predicted octanol–water partition coefficient (Wildman–Crippen LogP) is 1.77. The van der Waals surface area contributed by atoms with Crippen LogP contribution in [0.4, 0.5) is 5.69 Å². The molecule has 1 amide bonds. The van der Waals surface area contributed by atoms with Gasteiger partial charge >= 0.3 is 0 Å². The van der Waals surface area contributed by atoms with Gasteiger partial charge in [-0.2, -0.15) is 5.26 Å². The van der Waals surface area contributed by atoms with E-state index in [0.29, 0.717) is 18.0 Å². The standard InChI is InChI=1S/C14H19N3O/c1-11(2)9-16-14(18)10-17(3)13-7-5-4-6-12(13)8-15/h4-7,11H,9-10H2,1-3H3,(H,16,18). The van der Waals surface area contributed by atoms with Crippen LogP contribution in [0.3, 0.4) is 0 Å². The summed E-state index contributed by atoms with van der Waals surface area (Å²) in [5.41, 5.74) is 1.36. The minimum absolute atomic E-state index is 0.0288. The van der Waals surface area contributed by atoms with E-state index in [0.717, 1.165) is 5.69 Å². The summed E-state index contributed by atoms with van der Waals surface area (Å²) in [7, 11) is 1.81. The molecule has 1 aromatic rings. The van der Waals surface area contributed by atoms with Crippen LogP contribution in [0, 0.1) is 17.2 Å². The molecule has 18 heavy (non-hydrogen) atoms. The zero-order valence-corrected chi connectivity index (χ0v) is 11.1. The number of amides is 1. The van der Waals surface area contributed by atoms with Crippen molar-refractivity contribution in [3.05, 3.63) is 29.8 Å². The lowest BCUT2D eigenvalue weighted by atomic mass is 10.2. The fourth-order valence-electron chi connectivity index (χ4n) is 1.58. The summed E-state index contributed by atoms with van der Waals surface area (Å²) in [6, 6.07) is 9.39. The van der Waals surface area contributed by atoms with Gasteiger partial charge in [0.2, 0.25) is 5.91 Å². The minimum atomic E-state index is -0.0288. The highest BCUT2D eigenvalue weighted by Crippen LogP contribution is 2.17. The summed E-state index contributed by atoms with van der Waals surface area (Å²) in [5, 5.41) is 11.9. The largest absolute Gasteiger partial charge is 0.364 e. The van der Waals surface area contributed by atoms with E-state index in [9.17, 15) is 4.79 Å². The second kappa shape index (κ2) is 6.65. The van der Waals surface area contributed by atoms with Gasteiger partial charge in [0, 0.05) is 13.6 Å². The molecule has 0 aromatic heterocycles. The van der Waals surface area contributed by atoms with E-state index in [1.54, 1.807) is 11.0 Å². The van der Waals surface area contributed by atoms with Crippen LogP contribution in [0.25, 0.3) is 0 Å². The smallest absolute Gasteiger partial charge is 0.239 e. The highest BCUT2D eigenvalue weighted by Gasteiger charge is 2.10. The van der Waals surface area contributed by atoms with Crippen molar-refractivity contribution in [2.75, 3.05) is 25.0 Å². The van der Waals surface area contributed by atoms with Crippen molar-refractivity contribution in [2.45, 2.75) is 13.8 Å². The highest BCUT2D eigenvalue weighted by atomic mass is 16.2. The van der Waals surface area contributed by atoms with Crippen LogP contribution in [-0.2, 0) is 4.79 Å². The summed E-state index contributed by atoms with van der Waals surface area (Å²) in [4.78, 5) is 13.5. The van der Waals surface area contributed by atoms with Gasteiger partial charge in [-0.05, 0) is 18.1 Å². The molecular formula is C14H19N3O. The Balaban J connectivity index is 2.62. The Kier molecular flexibility index (Phi) is 5.19. The molecule has 1 aromatic carbocycles. The number of nitriles is 1. The monoisotopic (exact) mass is 245 g/mol. The number of likely N-dealkylation sites (N-methyl/N-ethyl adjacent to an activating group) is 1. The fraction of sp³-hybridized carbons (Fsp3) is 0.429. The van der Waals surface area contributed by atoms with Crippen LogP contribution < -0.4 is 10.2 Å². The predicted molar refractivity (Wildman–Crippen MR) is 72.3 cm³/mol. The summed E-state index contributed by atoms with van der Waals surface area (Å²) in [6.45, 7) is 5.03. The van der Waals surface area contributed by atoms with E-state index in [2.05, 4.69) is 25.2 Å². The number of hydrogen-bond donors (Lipinski definition) is 1. The molecule has 0 fully saturated rings. The first kappa shape index (κ1) is 14.0. The Morgan fingerprint density at radius 2 is 2.11 bits per heavy atom. The van der Waals surface area contributed by atoms with Crippen molar-refractivity contribution in [3.8, 4) is 6.07 Å². The lowest BCUT2D eigenvalue weighted by molar-refractivity contribution is -0.119. The first-order valence-electron chi connectivity index (χ1n) is 6.01. The van der Waals surface area contributed by atoms with E-state index in [1.807, 2.05) is 25.2 Å². The van der Waals surface area contributed by atoms with Crippen LogP contribution in [0.2, 0.25) is 0 Å². The third-order valence-corrected chi connectivity index (χ3v) is 2.52. The second-order valence-electron chi connectivity index (χ2n) is 4.68. The Morgan fingerprint density at radius 1 is 1.44 bits per heavy atom. The number of benzene rings is 1. The lowest BCUT2D eigenvalue weighted by Crippen LogP contribution is -2.37. The van der Waals surface area contributed by atoms with Gasteiger partial charge in [0.1, 0.15) is 6.07 Å². The maximum absolute atomic E-state index is 11.7. The zero-order valence-electron chi connectivity index (χ0n) is 11.1.